The Hall–Kier alpha value is -2.56. The molecule has 5 heteroatoms. The topological polar surface area (TPSA) is 75.4 Å². The van der Waals surface area contributed by atoms with E-state index in [9.17, 15) is 15.2 Å². The number of phenols is 1. The van der Waals surface area contributed by atoms with Gasteiger partial charge in [-0.05, 0) is 36.1 Å². The van der Waals surface area contributed by atoms with Crippen LogP contribution < -0.4 is 5.32 Å². The van der Waals surface area contributed by atoms with Crippen LogP contribution in [-0.2, 0) is 6.42 Å². The van der Waals surface area contributed by atoms with E-state index in [0.717, 1.165) is 12.8 Å². The molecule has 2 N–H and O–H groups in total. The molecule has 2 aromatic rings. The van der Waals surface area contributed by atoms with Gasteiger partial charge in [0.1, 0.15) is 11.4 Å². The molecule has 0 aliphatic heterocycles. The summed E-state index contributed by atoms with van der Waals surface area (Å²) in [5.41, 5.74) is 2.81. The van der Waals surface area contributed by atoms with Crippen molar-refractivity contribution >= 4 is 11.4 Å². The molecule has 0 heterocycles. The third-order valence-corrected chi connectivity index (χ3v) is 3.64. The van der Waals surface area contributed by atoms with E-state index < -0.39 is 4.92 Å². The average Bonchev–Trinajstić information content (AvgIpc) is 2.84. The fourth-order valence-electron chi connectivity index (χ4n) is 2.69. The van der Waals surface area contributed by atoms with Crippen molar-refractivity contribution in [2.24, 2.45) is 0 Å². The zero-order valence-corrected chi connectivity index (χ0v) is 10.7. The van der Waals surface area contributed by atoms with Crippen LogP contribution in [0.3, 0.4) is 0 Å². The zero-order valence-electron chi connectivity index (χ0n) is 10.7. The van der Waals surface area contributed by atoms with E-state index in [1.165, 1.54) is 23.3 Å². The molecule has 1 aliphatic rings. The van der Waals surface area contributed by atoms with Crippen LogP contribution in [0.2, 0.25) is 0 Å². The van der Waals surface area contributed by atoms with Crippen LogP contribution in [0.4, 0.5) is 11.4 Å². The molecule has 0 spiro atoms. The maximum atomic E-state index is 11.0. The lowest BCUT2D eigenvalue weighted by atomic mass is 10.1. The number of fused-ring (bicyclic) bond motifs is 1. The van der Waals surface area contributed by atoms with Gasteiger partial charge in [-0.2, -0.15) is 0 Å². The summed E-state index contributed by atoms with van der Waals surface area (Å²) in [6, 6.07) is 12.4. The van der Waals surface area contributed by atoms with Gasteiger partial charge < -0.3 is 10.4 Å². The number of aromatic hydroxyl groups is 1. The minimum Gasteiger partial charge on any atom is -0.508 e. The Labute approximate surface area is 116 Å². The molecule has 20 heavy (non-hydrogen) atoms. The smallest absolute Gasteiger partial charge is 0.296 e. The van der Waals surface area contributed by atoms with Gasteiger partial charge in [0.25, 0.3) is 5.69 Å². The van der Waals surface area contributed by atoms with Crippen LogP contribution in [0, 0.1) is 10.1 Å². The predicted octanol–water partition coefficient (Wildman–Crippen LogP) is 3.40. The Morgan fingerprint density at radius 3 is 2.85 bits per heavy atom. The predicted molar refractivity (Wildman–Crippen MR) is 75.9 cm³/mol. The van der Waals surface area contributed by atoms with Crippen molar-refractivity contribution in [2.75, 3.05) is 5.32 Å². The minimum absolute atomic E-state index is 0.0782. The Morgan fingerprint density at radius 1 is 1.25 bits per heavy atom. The van der Waals surface area contributed by atoms with Gasteiger partial charge in [-0.3, -0.25) is 10.1 Å². The molecule has 1 atom stereocenters. The van der Waals surface area contributed by atoms with Crippen molar-refractivity contribution in [3.63, 3.8) is 0 Å². The number of aryl methyl sites for hydroxylation is 1. The first-order valence-electron chi connectivity index (χ1n) is 6.47. The second-order valence-electron chi connectivity index (χ2n) is 4.89. The number of anilines is 1. The van der Waals surface area contributed by atoms with Gasteiger partial charge in [-0.1, -0.05) is 24.3 Å². The first-order chi connectivity index (χ1) is 9.65. The Bertz CT molecular complexity index is 670. The highest BCUT2D eigenvalue weighted by Crippen LogP contribution is 2.37. The molecule has 2 aromatic carbocycles. The van der Waals surface area contributed by atoms with E-state index in [-0.39, 0.29) is 17.5 Å². The summed E-state index contributed by atoms with van der Waals surface area (Å²) >= 11 is 0. The molecular weight excluding hydrogens is 256 g/mol. The highest BCUT2D eigenvalue weighted by atomic mass is 16.6. The molecular formula is C15H14N2O3. The number of hydrogen-bond donors (Lipinski definition) is 2. The number of nitro groups is 1. The summed E-state index contributed by atoms with van der Waals surface area (Å²) in [6.45, 7) is 0. The normalized spacial score (nSPS) is 16.7. The number of nitro benzene ring substituents is 1. The molecule has 0 fully saturated rings. The third-order valence-electron chi connectivity index (χ3n) is 3.64. The molecule has 0 saturated carbocycles. The third kappa shape index (κ3) is 2.18. The van der Waals surface area contributed by atoms with Gasteiger partial charge in [0.15, 0.2) is 0 Å². The number of rotatable bonds is 3. The van der Waals surface area contributed by atoms with Gasteiger partial charge in [-0.25, -0.2) is 0 Å². The van der Waals surface area contributed by atoms with Crippen LogP contribution in [0.1, 0.15) is 23.6 Å². The molecule has 0 radical (unpaired) electrons. The van der Waals surface area contributed by atoms with E-state index >= 15 is 0 Å². The molecule has 1 aliphatic carbocycles. The van der Waals surface area contributed by atoms with Crippen molar-refractivity contribution < 1.29 is 10.0 Å². The maximum absolute atomic E-state index is 11.0. The standard InChI is InChI=1S/C15H14N2O3/c18-11-6-8-14(15(9-11)17(19)20)16-13-7-5-10-3-1-2-4-12(10)13/h1-4,6,8-9,13,16,18H,5,7H2. The Kier molecular flexibility index (Phi) is 3.02. The van der Waals surface area contributed by atoms with Crippen LogP contribution in [0.15, 0.2) is 42.5 Å². The molecule has 5 nitrogen and oxygen atoms in total. The van der Waals surface area contributed by atoms with E-state index in [2.05, 4.69) is 11.4 Å². The van der Waals surface area contributed by atoms with Crippen LogP contribution >= 0.6 is 0 Å². The summed E-state index contributed by atoms with van der Waals surface area (Å²) in [7, 11) is 0. The van der Waals surface area contributed by atoms with E-state index in [0.29, 0.717) is 5.69 Å². The quantitative estimate of drug-likeness (QED) is 0.509. The summed E-state index contributed by atoms with van der Waals surface area (Å²) in [4.78, 5) is 10.6. The minimum atomic E-state index is -0.483. The fraction of sp³-hybridized carbons (Fsp3) is 0.200. The van der Waals surface area contributed by atoms with Crippen LogP contribution in [0.25, 0.3) is 0 Å². The summed E-state index contributed by atoms with van der Waals surface area (Å²) in [6.07, 6.45) is 1.89. The number of nitrogens with zero attached hydrogens (tertiary/aromatic N) is 1. The second-order valence-corrected chi connectivity index (χ2v) is 4.89. The highest BCUT2D eigenvalue weighted by Gasteiger charge is 2.24. The highest BCUT2D eigenvalue weighted by molar-refractivity contribution is 5.65. The number of hydrogen-bond acceptors (Lipinski definition) is 4. The summed E-state index contributed by atoms with van der Waals surface area (Å²) < 4.78 is 0. The maximum Gasteiger partial charge on any atom is 0.296 e. The van der Waals surface area contributed by atoms with Gasteiger partial charge in [0.2, 0.25) is 0 Å². The SMILES string of the molecule is O=[N+]([O-])c1cc(O)ccc1NC1CCc2ccccc21. The van der Waals surface area contributed by atoms with Crippen molar-refractivity contribution in [2.45, 2.75) is 18.9 Å². The van der Waals surface area contributed by atoms with E-state index in [1.54, 1.807) is 6.07 Å². The molecule has 3 rings (SSSR count). The van der Waals surface area contributed by atoms with Crippen LogP contribution in [-0.4, -0.2) is 10.0 Å². The monoisotopic (exact) mass is 270 g/mol. The largest absolute Gasteiger partial charge is 0.508 e. The number of nitrogens with one attached hydrogen (secondary N) is 1. The molecule has 1 unspecified atom stereocenters. The van der Waals surface area contributed by atoms with Gasteiger partial charge in [0.05, 0.1) is 17.0 Å². The van der Waals surface area contributed by atoms with E-state index in [4.69, 9.17) is 0 Å². The van der Waals surface area contributed by atoms with Crippen molar-refractivity contribution in [3.05, 3.63) is 63.7 Å². The summed E-state index contributed by atoms with van der Waals surface area (Å²) in [5.74, 6) is -0.103. The summed E-state index contributed by atoms with van der Waals surface area (Å²) in [5, 5.41) is 23.6. The van der Waals surface area contributed by atoms with Crippen molar-refractivity contribution in [3.8, 4) is 5.75 Å². The van der Waals surface area contributed by atoms with Gasteiger partial charge in [0, 0.05) is 0 Å². The van der Waals surface area contributed by atoms with Crippen LogP contribution in [0.5, 0.6) is 5.75 Å². The Morgan fingerprint density at radius 2 is 2.05 bits per heavy atom. The van der Waals surface area contributed by atoms with Gasteiger partial charge in [-0.15, -0.1) is 0 Å². The zero-order chi connectivity index (χ0) is 14.1. The Balaban J connectivity index is 1.92. The lowest BCUT2D eigenvalue weighted by Gasteiger charge is -2.15. The van der Waals surface area contributed by atoms with Gasteiger partial charge >= 0.3 is 0 Å². The van der Waals surface area contributed by atoms with Crippen molar-refractivity contribution in [1.82, 2.24) is 0 Å². The molecule has 0 amide bonds. The molecule has 0 saturated heterocycles. The lowest BCUT2D eigenvalue weighted by Crippen LogP contribution is -2.08. The number of phenolic OH excluding ortho intramolecular Hbond substituents is 1. The molecule has 0 bridgehead atoms. The van der Waals surface area contributed by atoms with E-state index in [1.807, 2.05) is 18.2 Å². The number of benzene rings is 2. The van der Waals surface area contributed by atoms with Crippen molar-refractivity contribution in [1.29, 1.82) is 0 Å². The lowest BCUT2D eigenvalue weighted by molar-refractivity contribution is -0.384. The molecule has 0 aromatic heterocycles. The average molecular weight is 270 g/mol. The first-order valence-corrected chi connectivity index (χ1v) is 6.47. The first kappa shape index (κ1) is 12.5. The molecule has 102 valence electrons. The second kappa shape index (κ2) is 4.85. The fourth-order valence-corrected chi connectivity index (χ4v) is 2.69.